The number of carbonyl (C=O) groups is 1. The maximum Gasteiger partial charge on any atom is 0.243 e. The van der Waals surface area contributed by atoms with Gasteiger partial charge in [0.25, 0.3) is 0 Å². The summed E-state index contributed by atoms with van der Waals surface area (Å²) in [6.07, 6.45) is 0. The molecule has 0 aliphatic carbocycles. The van der Waals surface area contributed by atoms with Gasteiger partial charge >= 0.3 is 0 Å². The van der Waals surface area contributed by atoms with Gasteiger partial charge in [0.2, 0.25) is 15.9 Å². The topological polar surface area (TPSA) is 79.4 Å². The summed E-state index contributed by atoms with van der Waals surface area (Å²) in [5.41, 5.74) is 2.68. The van der Waals surface area contributed by atoms with Crippen molar-refractivity contribution in [2.45, 2.75) is 18.4 Å². The molecule has 0 aliphatic rings. The second kappa shape index (κ2) is 11.3. The molecule has 1 aromatic heterocycles. The van der Waals surface area contributed by atoms with Crippen LogP contribution in [-0.2, 0) is 21.4 Å². The number of amides is 1. The molecule has 0 atom stereocenters. The molecule has 1 heterocycles. The fourth-order valence-electron chi connectivity index (χ4n) is 3.43. The Hall–Kier alpha value is -2.46. The molecule has 0 spiro atoms. The summed E-state index contributed by atoms with van der Waals surface area (Å²) in [6.45, 7) is 1.35. The molecule has 0 aliphatic heterocycles. The lowest BCUT2D eigenvalue weighted by Crippen LogP contribution is -2.37. The number of carbonyl (C=O) groups excluding carboxylic acids is 1. The second-order valence-electron chi connectivity index (χ2n) is 7.84. The normalized spacial score (nSPS) is 11.6. The number of aryl methyl sites for hydroxylation is 1. The van der Waals surface area contributed by atoms with E-state index >= 15 is 0 Å². The number of hydrogen-bond acceptors (Lipinski definition) is 5. The number of halogens is 3. The summed E-state index contributed by atoms with van der Waals surface area (Å²) in [4.78, 5) is 17.5. The first-order valence-electron chi connectivity index (χ1n) is 10.6. The van der Waals surface area contributed by atoms with Crippen molar-refractivity contribution < 1.29 is 13.2 Å². The maximum absolute atomic E-state index is 13.5. The molecule has 0 bridgehead atoms. The van der Waals surface area contributed by atoms with Gasteiger partial charge in [0.05, 0.1) is 22.1 Å². The van der Waals surface area contributed by atoms with E-state index in [1.165, 1.54) is 41.7 Å². The predicted molar refractivity (Wildman–Crippen MR) is 146 cm³/mol. The van der Waals surface area contributed by atoms with Gasteiger partial charge in [-0.3, -0.25) is 4.79 Å². The number of benzene rings is 3. The third kappa shape index (κ3) is 6.45. The highest BCUT2D eigenvalue weighted by molar-refractivity contribution is 7.89. The zero-order chi connectivity index (χ0) is 25.9. The average molecular weight is 581 g/mol. The summed E-state index contributed by atoms with van der Waals surface area (Å²) in [5.74, 6) is -0.510. The summed E-state index contributed by atoms with van der Waals surface area (Å²) in [7, 11) is -4.07. The van der Waals surface area contributed by atoms with Gasteiger partial charge in [-0.25, -0.2) is 13.4 Å². The van der Waals surface area contributed by atoms with Crippen molar-refractivity contribution >= 4 is 67.8 Å². The Morgan fingerprint density at radius 1 is 1.00 bits per heavy atom. The van der Waals surface area contributed by atoms with Crippen molar-refractivity contribution in [1.82, 2.24) is 9.29 Å². The number of thiazole rings is 1. The number of nitrogens with one attached hydrogen (secondary N) is 1. The first-order chi connectivity index (χ1) is 17.1. The fraction of sp³-hybridized carbons (Fsp3) is 0.120. The van der Waals surface area contributed by atoms with E-state index < -0.39 is 22.5 Å². The first kappa shape index (κ1) is 26.6. The number of hydrogen-bond donors (Lipinski definition) is 1. The molecule has 36 heavy (non-hydrogen) atoms. The molecular formula is C25H20Cl3N3O3S2. The number of anilines is 1. The zero-order valence-corrected chi connectivity index (χ0v) is 22.8. The molecule has 0 radical (unpaired) electrons. The van der Waals surface area contributed by atoms with E-state index in [1.54, 1.807) is 30.3 Å². The monoisotopic (exact) mass is 579 g/mol. The summed E-state index contributed by atoms with van der Waals surface area (Å²) in [5, 5.41) is 6.77. The van der Waals surface area contributed by atoms with Crippen molar-refractivity contribution in [3.05, 3.63) is 97.7 Å². The Morgan fingerprint density at radius 2 is 1.72 bits per heavy atom. The molecule has 0 saturated carbocycles. The van der Waals surface area contributed by atoms with Crippen LogP contribution in [-0.4, -0.2) is 30.2 Å². The third-order valence-corrected chi connectivity index (χ3v) is 8.61. The summed E-state index contributed by atoms with van der Waals surface area (Å²) >= 11 is 19.8. The Balaban J connectivity index is 1.60. The van der Waals surface area contributed by atoms with Crippen molar-refractivity contribution in [1.29, 1.82) is 0 Å². The van der Waals surface area contributed by atoms with Crippen molar-refractivity contribution in [3.8, 4) is 11.3 Å². The number of rotatable bonds is 8. The molecule has 1 N–H and O–H groups in total. The molecule has 11 heteroatoms. The SMILES string of the molecule is Cc1nc(-c2cccc(NC(=O)CN(Cc3ccc(Cl)cc3Cl)S(=O)(=O)c3ccc(Cl)cc3)c2)cs1. The van der Waals surface area contributed by atoms with Crippen molar-refractivity contribution in [3.63, 3.8) is 0 Å². The minimum atomic E-state index is -4.07. The second-order valence-corrected chi connectivity index (χ2v) is 12.1. The number of aromatic nitrogens is 1. The van der Waals surface area contributed by atoms with Gasteiger partial charge in [-0.2, -0.15) is 4.31 Å². The summed E-state index contributed by atoms with van der Waals surface area (Å²) in [6, 6.07) is 17.7. The zero-order valence-electron chi connectivity index (χ0n) is 18.9. The van der Waals surface area contributed by atoms with Crippen LogP contribution in [0.25, 0.3) is 11.3 Å². The van der Waals surface area contributed by atoms with E-state index in [0.717, 1.165) is 20.6 Å². The largest absolute Gasteiger partial charge is 0.325 e. The van der Waals surface area contributed by atoms with Crippen LogP contribution in [0, 0.1) is 6.92 Å². The maximum atomic E-state index is 13.5. The van der Waals surface area contributed by atoms with Crippen LogP contribution >= 0.6 is 46.1 Å². The van der Waals surface area contributed by atoms with Gasteiger partial charge in [0, 0.05) is 38.2 Å². The van der Waals surface area contributed by atoms with Crippen LogP contribution in [0.15, 0.2) is 77.0 Å². The van der Waals surface area contributed by atoms with Crippen LogP contribution in [0.3, 0.4) is 0 Å². The highest BCUT2D eigenvalue weighted by Gasteiger charge is 2.28. The molecule has 1 amide bonds. The molecule has 0 saturated heterocycles. The smallest absolute Gasteiger partial charge is 0.243 e. The van der Waals surface area contributed by atoms with Crippen LogP contribution in [0.2, 0.25) is 15.1 Å². The average Bonchev–Trinajstić information content (AvgIpc) is 3.27. The summed E-state index contributed by atoms with van der Waals surface area (Å²) < 4.78 is 28.0. The quantitative estimate of drug-likeness (QED) is 0.246. The van der Waals surface area contributed by atoms with E-state index in [4.69, 9.17) is 34.8 Å². The number of nitrogens with zero attached hydrogens (tertiary/aromatic N) is 2. The first-order valence-corrected chi connectivity index (χ1v) is 14.1. The predicted octanol–water partition coefficient (Wildman–Crippen LogP) is 6.91. The van der Waals surface area contributed by atoms with Crippen molar-refractivity contribution in [2.24, 2.45) is 0 Å². The molecule has 4 aromatic rings. The van der Waals surface area contributed by atoms with Crippen LogP contribution < -0.4 is 5.32 Å². The van der Waals surface area contributed by atoms with Gasteiger partial charge in [-0.15, -0.1) is 11.3 Å². The van der Waals surface area contributed by atoms with Gasteiger partial charge in [0.1, 0.15) is 0 Å². The van der Waals surface area contributed by atoms with Gasteiger partial charge in [0.15, 0.2) is 0 Å². The minimum Gasteiger partial charge on any atom is -0.325 e. The van der Waals surface area contributed by atoms with E-state index in [1.807, 2.05) is 18.4 Å². The molecule has 3 aromatic carbocycles. The van der Waals surface area contributed by atoms with Gasteiger partial charge < -0.3 is 5.32 Å². The third-order valence-electron chi connectivity index (χ3n) is 5.19. The molecule has 0 fully saturated rings. The van der Waals surface area contributed by atoms with Gasteiger partial charge in [-0.05, 0) is 61.0 Å². The Morgan fingerprint density at radius 3 is 2.39 bits per heavy atom. The highest BCUT2D eigenvalue weighted by Crippen LogP contribution is 2.27. The Labute approximate surface area is 228 Å². The molecule has 6 nitrogen and oxygen atoms in total. The minimum absolute atomic E-state index is 0.00526. The highest BCUT2D eigenvalue weighted by atomic mass is 35.5. The standard InChI is InChI=1S/C25H20Cl3N3O3S2/c1-16-29-24(15-35-16)17-3-2-4-21(11-17)30-25(32)14-31(13-18-5-6-20(27)12-23(18)28)36(33,34)22-9-7-19(26)8-10-22/h2-12,15H,13-14H2,1H3,(H,30,32). The molecule has 4 rings (SSSR count). The van der Waals surface area contributed by atoms with E-state index in [-0.39, 0.29) is 11.4 Å². The fourth-order valence-corrected chi connectivity index (χ4v) is 6.03. The lowest BCUT2D eigenvalue weighted by Gasteiger charge is -2.22. The van der Waals surface area contributed by atoms with Gasteiger partial charge in [-0.1, -0.05) is 53.0 Å². The van der Waals surface area contributed by atoms with E-state index in [9.17, 15) is 13.2 Å². The van der Waals surface area contributed by atoms with Crippen molar-refractivity contribution in [2.75, 3.05) is 11.9 Å². The molecular weight excluding hydrogens is 561 g/mol. The lowest BCUT2D eigenvalue weighted by molar-refractivity contribution is -0.116. The van der Waals surface area contributed by atoms with Crippen LogP contribution in [0.4, 0.5) is 5.69 Å². The number of sulfonamides is 1. The van der Waals surface area contributed by atoms with E-state index in [2.05, 4.69) is 10.3 Å². The van der Waals surface area contributed by atoms with Crippen LogP contribution in [0.1, 0.15) is 10.6 Å². The van der Waals surface area contributed by atoms with E-state index in [0.29, 0.717) is 26.3 Å². The Kier molecular flexibility index (Phi) is 8.34. The molecule has 186 valence electrons. The lowest BCUT2D eigenvalue weighted by atomic mass is 10.1. The Bertz CT molecular complexity index is 1510. The van der Waals surface area contributed by atoms with Crippen LogP contribution in [0.5, 0.6) is 0 Å². The molecule has 0 unspecified atom stereocenters.